The van der Waals surface area contributed by atoms with Gasteiger partial charge in [-0.05, 0) is 58.6 Å². The highest BCUT2D eigenvalue weighted by atomic mass is 127. The summed E-state index contributed by atoms with van der Waals surface area (Å²) in [6.07, 6.45) is 1.79. The Hall–Kier alpha value is -1.51. The van der Waals surface area contributed by atoms with Crippen molar-refractivity contribution >= 4 is 41.7 Å². The minimum absolute atomic E-state index is 0. The second-order valence-corrected chi connectivity index (χ2v) is 7.31. The normalized spacial score (nSPS) is 15.8. The first-order valence-corrected chi connectivity index (χ1v) is 8.36. The molecule has 1 fully saturated rings. The summed E-state index contributed by atoms with van der Waals surface area (Å²) in [6.45, 7) is 8.01. The highest BCUT2D eigenvalue weighted by Crippen LogP contribution is 2.33. The van der Waals surface area contributed by atoms with Gasteiger partial charge in [-0.25, -0.2) is 4.79 Å². The minimum Gasteiger partial charge on any atom is -0.444 e. The van der Waals surface area contributed by atoms with E-state index < -0.39 is 11.7 Å². The number of nitrogens with zero attached hydrogens (tertiary/aromatic N) is 1. The monoisotopic (exact) mass is 460 g/mol. The molecule has 1 aromatic rings. The van der Waals surface area contributed by atoms with E-state index in [0.717, 1.165) is 18.5 Å². The highest BCUT2D eigenvalue weighted by Gasteiger charge is 2.33. The van der Waals surface area contributed by atoms with E-state index in [1.54, 1.807) is 0 Å². The van der Waals surface area contributed by atoms with Crippen molar-refractivity contribution in [1.82, 2.24) is 5.32 Å². The van der Waals surface area contributed by atoms with Crippen molar-refractivity contribution in [1.29, 1.82) is 0 Å². The van der Waals surface area contributed by atoms with E-state index in [2.05, 4.69) is 15.6 Å². The van der Waals surface area contributed by atoms with Crippen molar-refractivity contribution in [3.05, 3.63) is 29.8 Å². The molecule has 1 aliphatic rings. The lowest BCUT2D eigenvalue weighted by atomic mass is 10.2. The summed E-state index contributed by atoms with van der Waals surface area (Å²) >= 11 is 0. The largest absolute Gasteiger partial charge is 0.444 e. The number of amides is 1. The summed E-state index contributed by atoms with van der Waals surface area (Å²) < 4.78 is 5.31. The summed E-state index contributed by atoms with van der Waals surface area (Å²) in [6, 6.07) is 7.88. The second kappa shape index (κ2) is 9.26. The molecule has 140 valence electrons. The summed E-state index contributed by atoms with van der Waals surface area (Å²) in [5, 5.41) is 5.97. The van der Waals surface area contributed by atoms with Crippen molar-refractivity contribution < 1.29 is 9.53 Å². The number of rotatable bonds is 5. The first-order valence-electron chi connectivity index (χ1n) is 8.36. The molecule has 4 N–H and O–H groups in total. The van der Waals surface area contributed by atoms with Crippen molar-refractivity contribution in [2.45, 2.75) is 52.2 Å². The number of aryl methyl sites for hydroxylation is 1. The van der Waals surface area contributed by atoms with Crippen molar-refractivity contribution in [2.24, 2.45) is 16.6 Å². The van der Waals surface area contributed by atoms with Gasteiger partial charge in [0.25, 0.3) is 0 Å². The Labute approximate surface area is 167 Å². The molecule has 0 radical (unpaired) electrons. The number of guanidine groups is 1. The third-order valence-electron chi connectivity index (χ3n) is 3.68. The Bertz CT molecular complexity index is 592. The van der Waals surface area contributed by atoms with Crippen LogP contribution in [0.15, 0.2) is 29.3 Å². The van der Waals surface area contributed by atoms with Crippen LogP contribution in [-0.2, 0) is 4.74 Å². The molecule has 25 heavy (non-hydrogen) atoms. The van der Waals surface area contributed by atoms with Crippen LogP contribution in [0.1, 0.15) is 39.2 Å². The first kappa shape index (κ1) is 21.5. The lowest BCUT2D eigenvalue weighted by molar-refractivity contribution is 0.0500. The van der Waals surface area contributed by atoms with Gasteiger partial charge in [0.15, 0.2) is 5.96 Å². The number of alkyl carbamates (subject to hydrolysis) is 1. The molecule has 1 saturated carbocycles. The van der Waals surface area contributed by atoms with Crippen LogP contribution in [-0.4, -0.2) is 30.2 Å². The molecule has 6 nitrogen and oxygen atoms in total. The standard InChI is InChI=1S/C18H28N4O2.HI/c1-12-5-9-14(10-6-12)21-16(19)20-11-15(13-7-8-13)22-17(23)24-18(2,3)4;/h5-6,9-10,13,15H,7-8,11H2,1-4H3,(H,22,23)(H3,19,20,21);1H. The van der Waals surface area contributed by atoms with Gasteiger partial charge in [-0.15, -0.1) is 24.0 Å². The number of hydrogen-bond donors (Lipinski definition) is 3. The van der Waals surface area contributed by atoms with Gasteiger partial charge in [-0.1, -0.05) is 17.7 Å². The van der Waals surface area contributed by atoms with E-state index >= 15 is 0 Å². The molecule has 0 spiro atoms. The second-order valence-electron chi connectivity index (χ2n) is 7.31. The SMILES string of the molecule is Cc1ccc(NC(N)=NCC(NC(=O)OC(C)(C)C)C2CC2)cc1.I. The van der Waals surface area contributed by atoms with Gasteiger partial charge in [-0.2, -0.15) is 0 Å². The summed E-state index contributed by atoms with van der Waals surface area (Å²) in [5.74, 6) is 0.795. The van der Waals surface area contributed by atoms with Crippen molar-refractivity contribution in [3.8, 4) is 0 Å². The third kappa shape index (κ3) is 8.42. The van der Waals surface area contributed by atoms with E-state index in [1.165, 1.54) is 5.56 Å². The molecule has 1 aromatic carbocycles. The van der Waals surface area contributed by atoms with Gasteiger partial charge in [0, 0.05) is 5.69 Å². The van der Waals surface area contributed by atoms with E-state index in [-0.39, 0.29) is 30.0 Å². The fraction of sp³-hybridized carbons (Fsp3) is 0.556. The molecule has 1 amide bonds. The molecule has 0 aromatic heterocycles. The summed E-state index contributed by atoms with van der Waals surface area (Å²) in [4.78, 5) is 16.3. The average molecular weight is 460 g/mol. The summed E-state index contributed by atoms with van der Waals surface area (Å²) in [5.41, 5.74) is 7.51. The van der Waals surface area contributed by atoms with Crippen LogP contribution in [0.4, 0.5) is 10.5 Å². The predicted molar refractivity (Wildman–Crippen MR) is 113 cm³/mol. The molecule has 1 atom stereocenters. The number of carbonyl (C=O) groups is 1. The lowest BCUT2D eigenvalue weighted by Gasteiger charge is -2.23. The molecule has 2 rings (SSSR count). The highest BCUT2D eigenvalue weighted by molar-refractivity contribution is 14.0. The maximum atomic E-state index is 11.9. The van der Waals surface area contributed by atoms with Gasteiger partial charge in [-0.3, -0.25) is 4.99 Å². The number of ether oxygens (including phenoxy) is 1. The molecule has 0 aliphatic heterocycles. The van der Waals surface area contributed by atoms with Crippen LogP contribution in [0.5, 0.6) is 0 Å². The average Bonchev–Trinajstić information content (AvgIpc) is 3.28. The molecule has 1 unspecified atom stereocenters. The summed E-state index contributed by atoms with van der Waals surface area (Å²) in [7, 11) is 0. The Morgan fingerprint density at radius 3 is 2.44 bits per heavy atom. The third-order valence-corrected chi connectivity index (χ3v) is 3.68. The van der Waals surface area contributed by atoms with Gasteiger partial charge >= 0.3 is 6.09 Å². The number of nitrogens with one attached hydrogen (secondary N) is 2. The molecule has 0 saturated heterocycles. The number of benzene rings is 1. The molecule has 0 bridgehead atoms. The molecular formula is C18H29IN4O2. The van der Waals surface area contributed by atoms with Gasteiger partial charge in [0.1, 0.15) is 5.60 Å². The maximum Gasteiger partial charge on any atom is 0.407 e. The number of nitrogens with two attached hydrogens (primary N) is 1. The maximum absolute atomic E-state index is 11.9. The number of aliphatic imine (C=N–C) groups is 1. The van der Waals surface area contributed by atoms with Crippen molar-refractivity contribution in [2.75, 3.05) is 11.9 Å². The topological polar surface area (TPSA) is 88.7 Å². The van der Waals surface area contributed by atoms with Crippen LogP contribution in [0, 0.1) is 12.8 Å². The molecule has 7 heteroatoms. The van der Waals surface area contributed by atoms with Crippen LogP contribution in [0.2, 0.25) is 0 Å². The van der Waals surface area contributed by atoms with E-state index in [9.17, 15) is 4.79 Å². The van der Waals surface area contributed by atoms with Crippen molar-refractivity contribution in [3.63, 3.8) is 0 Å². The Balaban J connectivity index is 0.00000312. The molecule has 1 aliphatic carbocycles. The Morgan fingerprint density at radius 2 is 1.92 bits per heavy atom. The van der Waals surface area contributed by atoms with E-state index in [4.69, 9.17) is 10.5 Å². The Kier molecular flexibility index (Phi) is 7.98. The quantitative estimate of drug-likeness (QED) is 0.356. The number of halogens is 1. The van der Waals surface area contributed by atoms with Crippen LogP contribution in [0.25, 0.3) is 0 Å². The van der Waals surface area contributed by atoms with Gasteiger partial charge in [0.05, 0.1) is 12.6 Å². The fourth-order valence-electron chi connectivity index (χ4n) is 2.29. The minimum atomic E-state index is -0.506. The predicted octanol–water partition coefficient (Wildman–Crippen LogP) is 3.64. The smallest absolute Gasteiger partial charge is 0.407 e. The van der Waals surface area contributed by atoms with Gasteiger partial charge < -0.3 is 21.1 Å². The number of hydrogen-bond acceptors (Lipinski definition) is 3. The first-order chi connectivity index (χ1) is 11.2. The van der Waals surface area contributed by atoms with E-state index in [1.807, 2.05) is 52.0 Å². The van der Waals surface area contributed by atoms with Crippen LogP contribution >= 0.6 is 24.0 Å². The number of carbonyl (C=O) groups excluding carboxylic acids is 1. The van der Waals surface area contributed by atoms with Crippen LogP contribution < -0.4 is 16.4 Å². The zero-order chi connectivity index (χ0) is 17.7. The fourth-order valence-corrected chi connectivity index (χ4v) is 2.29. The van der Waals surface area contributed by atoms with E-state index in [0.29, 0.717) is 18.4 Å². The number of anilines is 1. The van der Waals surface area contributed by atoms with Gasteiger partial charge in [0.2, 0.25) is 0 Å². The lowest BCUT2D eigenvalue weighted by Crippen LogP contribution is -2.42. The van der Waals surface area contributed by atoms with Crippen LogP contribution in [0.3, 0.4) is 0 Å². The zero-order valence-electron chi connectivity index (χ0n) is 15.3. The zero-order valence-corrected chi connectivity index (χ0v) is 17.7. The molecule has 0 heterocycles. The molecular weight excluding hydrogens is 431 g/mol. The Morgan fingerprint density at radius 1 is 1.32 bits per heavy atom.